The average Bonchev–Trinajstić information content (AvgIpc) is 2.46. The van der Waals surface area contributed by atoms with Crippen LogP contribution in [0.1, 0.15) is 12.0 Å². The molecule has 0 atom stereocenters. The van der Waals surface area contributed by atoms with Crippen LogP contribution in [0.2, 0.25) is 0 Å². The predicted octanol–water partition coefficient (Wildman–Crippen LogP) is 2.43. The van der Waals surface area contributed by atoms with E-state index < -0.39 is 0 Å². The molecular weight excluding hydrogens is 224 g/mol. The maximum Gasteiger partial charge on any atom is 0.220 e. The van der Waals surface area contributed by atoms with E-state index in [0.29, 0.717) is 6.42 Å². The van der Waals surface area contributed by atoms with Crippen molar-refractivity contribution in [2.45, 2.75) is 12.8 Å². The van der Waals surface area contributed by atoms with Crippen LogP contribution in [0, 0.1) is 0 Å². The van der Waals surface area contributed by atoms with Crippen LogP contribution >= 0.6 is 0 Å². The molecule has 1 heterocycles. The van der Waals surface area contributed by atoms with E-state index in [4.69, 9.17) is 0 Å². The minimum Gasteiger partial charge on any atom is -0.359 e. The monoisotopic (exact) mass is 240 g/mol. The highest BCUT2D eigenvalue weighted by molar-refractivity contribution is 5.75. The molecule has 2 aromatic rings. The van der Waals surface area contributed by atoms with Gasteiger partial charge in [0.15, 0.2) is 0 Å². The van der Waals surface area contributed by atoms with Crippen LogP contribution in [0.15, 0.2) is 48.8 Å². The van der Waals surface area contributed by atoms with Gasteiger partial charge in [-0.25, -0.2) is 0 Å². The summed E-state index contributed by atoms with van der Waals surface area (Å²) in [5, 5.41) is 2.63. The molecule has 0 unspecified atom stereocenters. The van der Waals surface area contributed by atoms with E-state index in [1.165, 1.54) is 5.56 Å². The quantitative estimate of drug-likeness (QED) is 0.891. The molecule has 0 spiro atoms. The third-order valence-electron chi connectivity index (χ3n) is 2.87. The Morgan fingerprint density at radius 2 is 1.94 bits per heavy atom. The van der Waals surface area contributed by atoms with Gasteiger partial charge in [-0.3, -0.25) is 9.78 Å². The zero-order valence-corrected chi connectivity index (χ0v) is 10.4. The summed E-state index contributed by atoms with van der Waals surface area (Å²) in [5.74, 6) is 0.0753. The van der Waals surface area contributed by atoms with E-state index in [2.05, 4.69) is 34.6 Å². The summed E-state index contributed by atoms with van der Waals surface area (Å²) >= 11 is 0. The number of rotatable bonds is 4. The van der Waals surface area contributed by atoms with Gasteiger partial charge in [0, 0.05) is 25.9 Å². The number of amides is 1. The van der Waals surface area contributed by atoms with Gasteiger partial charge in [0.1, 0.15) is 0 Å². The van der Waals surface area contributed by atoms with Crippen molar-refractivity contribution in [1.82, 2.24) is 10.3 Å². The Morgan fingerprint density at radius 1 is 1.17 bits per heavy atom. The first kappa shape index (κ1) is 12.3. The van der Waals surface area contributed by atoms with Crippen LogP contribution in [0.25, 0.3) is 11.1 Å². The molecule has 1 amide bonds. The van der Waals surface area contributed by atoms with Crippen molar-refractivity contribution in [3.05, 3.63) is 54.4 Å². The summed E-state index contributed by atoms with van der Waals surface area (Å²) in [7, 11) is 1.66. The van der Waals surface area contributed by atoms with Gasteiger partial charge < -0.3 is 5.32 Å². The molecule has 0 aliphatic heterocycles. The summed E-state index contributed by atoms with van der Waals surface area (Å²) in [5.41, 5.74) is 3.42. The summed E-state index contributed by atoms with van der Waals surface area (Å²) < 4.78 is 0. The lowest BCUT2D eigenvalue weighted by Crippen LogP contribution is -2.17. The SMILES string of the molecule is CNC(=O)CCc1ccc(-c2cccnc2)cc1. The van der Waals surface area contributed by atoms with Gasteiger partial charge in [-0.2, -0.15) is 0 Å². The van der Waals surface area contributed by atoms with Crippen LogP contribution in [0.3, 0.4) is 0 Å². The minimum absolute atomic E-state index is 0.0753. The van der Waals surface area contributed by atoms with Crippen LogP contribution in [-0.2, 0) is 11.2 Å². The summed E-state index contributed by atoms with van der Waals surface area (Å²) in [6.45, 7) is 0. The van der Waals surface area contributed by atoms with Crippen molar-refractivity contribution in [1.29, 1.82) is 0 Å². The molecule has 1 N–H and O–H groups in total. The molecule has 1 aromatic carbocycles. The third-order valence-corrected chi connectivity index (χ3v) is 2.87. The highest BCUT2D eigenvalue weighted by Crippen LogP contribution is 2.18. The van der Waals surface area contributed by atoms with Gasteiger partial charge in [-0.1, -0.05) is 30.3 Å². The molecule has 18 heavy (non-hydrogen) atoms. The Hall–Kier alpha value is -2.16. The second-order valence-electron chi connectivity index (χ2n) is 4.11. The Bertz CT molecular complexity index is 506. The fraction of sp³-hybridized carbons (Fsp3) is 0.200. The fourth-order valence-corrected chi connectivity index (χ4v) is 1.78. The Kier molecular flexibility index (Phi) is 4.07. The number of carbonyl (C=O) groups is 1. The second kappa shape index (κ2) is 5.96. The lowest BCUT2D eigenvalue weighted by molar-refractivity contribution is -0.120. The zero-order chi connectivity index (χ0) is 12.8. The number of nitrogens with zero attached hydrogens (tertiary/aromatic N) is 1. The molecule has 0 fully saturated rings. The van der Waals surface area contributed by atoms with Gasteiger partial charge in [0.2, 0.25) is 5.91 Å². The zero-order valence-electron chi connectivity index (χ0n) is 10.4. The molecule has 0 bridgehead atoms. The number of benzene rings is 1. The lowest BCUT2D eigenvalue weighted by Gasteiger charge is -2.04. The number of aryl methyl sites for hydroxylation is 1. The molecule has 2 rings (SSSR count). The topological polar surface area (TPSA) is 42.0 Å². The molecule has 0 aliphatic carbocycles. The van der Waals surface area contributed by atoms with Gasteiger partial charge in [-0.15, -0.1) is 0 Å². The van der Waals surface area contributed by atoms with E-state index in [1.54, 1.807) is 13.2 Å². The smallest absolute Gasteiger partial charge is 0.220 e. The molecule has 0 radical (unpaired) electrons. The maximum atomic E-state index is 11.2. The first-order chi connectivity index (χ1) is 8.79. The number of pyridine rings is 1. The van der Waals surface area contributed by atoms with Crippen LogP contribution in [0.5, 0.6) is 0 Å². The molecule has 0 saturated heterocycles. The van der Waals surface area contributed by atoms with Crippen molar-refractivity contribution in [3.8, 4) is 11.1 Å². The average molecular weight is 240 g/mol. The first-order valence-corrected chi connectivity index (χ1v) is 5.99. The number of hydrogen-bond donors (Lipinski definition) is 1. The van der Waals surface area contributed by atoms with Crippen molar-refractivity contribution in [3.63, 3.8) is 0 Å². The van der Waals surface area contributed by atoms with Crippen LogP contribution < -0.4 is 5.32 Å². The molecule has 92 valence electrons. The number of hydrogen-bond acceptors (Lipinski definition) is 2. The first-order valence-electron chi connectivity index (χ1n) is 5.99. The molecule has 0 saturated carbocycles. The lowest BCUT2D eigenvalue weighted by atomic mass is 10.0. The molecule has 3 heteroatoms. The number of carbonyl (C=O) groups excluding carboxylic acids is 1. The van der Waals surface area contributed by atoms with Crippen molar-refractivity contribution in [2.75, 3.05) is 7.05 Å². The van der Waals surface area contributed by atoms with Gasteiger partial charge >= 0.3 is 0 Å². The van der Waals surface area contributed by atoms with E-state index >= 15 is 0 Å². The molecule has 3 nitrogen and oxygen atoms in total. The van der Waals surface area contributed by atoms with E-state index in [9.17, 15) is 4.79 Å². The van der Waals surface area contributed by atoms with Gasteiger partial charge in [0.05, 0.1) is 0 Å². The van der Waals surface area contributed by atoms with Gasteiger partial charge in [0.25, 0.3) is 0 Å². The summed E-state index contributed by atoms with van der Waals surface area (Å²) in [6, 6.07) is 12.2. The Labute approximate surface area is 107 Å². The van der Waals surface area contributed by atoms with E-state index in [0.717, 1.165) is 17.5 Å². The summed E-state index contributed by atoms with van der Waals surface area (Å²) in [6.07, 6.45) is 4.91. The highest BCUT2D eigenvalue weighted by atomic mass is 16.1. The Balaban J connectivity index is 2.04. The Morgan fingerprint density at radius 3 is 2.56 bits per heavy atom. The third kappa shape index (κ3) is 3.17. The maximum absolute atomic E-state index is 11.2. The predicted molar refractivity (Wildman–Crippen MR) is 72.1 cm³/mol. The van der Waals surface area contributed by atoms with Crippen molar-refractivity contribution in [2.24, 2.45) is 0 Å². The fourth-order valence-electron chi connectivity index (χ4n) is 1.78. The molecular formula is C15H16N2O. The summed E-state index contributed by atoms with van der Waals surface area (Å²) in [4.78, 5) is 15.3. The van der Waals surface area contributed by atoms with Crippen molar-refractivity contribution < 1.29 is 4.79 Å². The van der Waals surface area contributed by atoms with Crippen molar-refractivity contribution >= 4 is 5.91 Å². The van der Waals surface area contributed by atoms with Crippen LogP contribution in [0.4, 0.5) is 0 Å². The van der Waals surface area contributed by atoms with Gasteiger partial charge in [-0.05, 0) is 29.2 Å². The van der Waals surface area contributed by atoms with E-state index in [1.807, 2.05) is 18.3 Å². The molecule has 1 aromatic heterocycles. The largest absolute Gasteiger partial charge is 0.359 e. The van der Waals surface area contributed by atoms with E-state index in [-0.39, 0.29) is 5.91 Å². The second-order valence-corrected chi connectivity index (χ2v) is 4.11. The normalized spacial score (nSPS) is 10.1. The number of nitrogens with one attached hydrogen (secondary N) is 1. The number of aromatic nitrogens is 1. The van der Waals surface area contributed by atoms with Crippen LogP contribution in [-0.4, -0.2) is 17.9 Å². The minimum atomic E-state index is 0.0753. The molecule has 0 aliphatic rings. The standard InChI is InChI=1S/C15H16N2O/c1-16-15(18)9-6-12-4-7-13(8-5-12)14-3-2-10-17-11-14/h2-5,7-8,10-11H,6,9H2,1H3,(H,16,18). The highest BCUT2D eigenvalue weighted by Gasteiger charge is 2.01.